The molecular formula is C69H51N. The van der Waals surface area contributed by atoms with E-state index in [1.807, 2.05) is 0 Å². The van der Waals surface area contributed by atoms with Crippen molar-refractivity contribution in [2.45, 2.75) is 57.8 Å². The summed E-state index contributed by atoms with van der Waals surface area (Å²) in [5.41, 5.74) is 19.6. The van der Waals surface area contributed by atoms with Crippen LogP contribution in [0.5, 0.6) is 0 Å². The standard InChI is InChI=1S/C69H51N/c1-67(2)61-49-16-10-7-13-40(49)19-28-55(61)58-31-22-43-37-46(25-34-52(43)64(58)67)70(47-26-35-53-44(38-47)23-32-59-56-29-20-41-14-8-11-17-50(41)62(56)68(3,4)65(53)59)48-27-36-54-45(39-48)24-33-60-57-30-21-42-15-9-12-18-51(42)63(57)69(5,6)66(54)60/h7-39H,1-6H3. The molecule has 0 aromatic heterocycles. The summed E-state index contributed by atoms with van der Waals surface area (Å²) in [7, 11) is 0. The van der Waals surface area contributed by atoms with Crippen molar-refractivity contribution in [1.29, 1.82) is 0 Å². The van der Waals surface area contributed by atoms with E-state index >= 15 is 0 Å². The van der Waals surface area contributed by atoms with Gasteiger partial charge in [0.15, 0.2) is 0 Å². The SMILES string of the molecule is CC1(C)c2c(ccc3ccccc23)-c2ccc3cc(N(c4ccc5c6c(ccc5c4)-c4ccc5ccccc5c4C6(C)C)c4ccc5c6c(ccc5c4)-c4ccc5ccccc5c4C6(C)C)ccc3c21. The molecule has 0 N–H and O–H groups in total. The molecule has 3 aliphatic rings. The van der Waals surface area contributed by atoms with Gasteiger partial charge in [-0.25, -0.2) is 0 Å². The Labute approximate surface area is 409 Å². The van der Waals surface area contributed by atoms with E-state index in [0.29, 0.717) is 0 Å². The zero-order valence-electron chi connectivity index (χ0n) is 40.5. The summed E-state index contributed by atoms with van der Waals surface area (Å²) in [6.45, 7) is 14.5. The Morgan fingerprint density at radius 1 is 0.229 bits per heavy atom. The predicted octanol–water partition coefficient (Wildman–Crippen LogP) is 19.0. The highest BCUT2D eigenvalue weighted by Crippen LogP contribution is 2.57. The Kier molecular flexibility index (Phi) is 7.77. The lowest BCUT2D eigenvalue weighted by atomic mass is 9.78. The predicted molar refractivity (Wildman–Crippen MR) is 299 cm³/mol. The number of fused-ring (bicyclic) bond motifs is 21. The average molecular weight is 894 g/mol. The van der Waals surface area contributed by atoms with Gasteiger partial charge in [-0.05, 0) is 168 Å². The molecule has 3 aliphatic carbocycles. The molecule has 70 heavy (non-hydrogen) atoms. The maximum atomic E-state index is 2.50. The lowest BCUT2D eigenvalue weighted by Crippen LogP contribution is -2.17. The first-order chi connectivity index (χ1) is 34.0. The molecule has 0 aliphatic heterocycles. The minimum absolute atomic E-state index is 0.164. The largest absolute Gasteiger partial charge is 0.310 e. The molecule has 0 spiro atoms. The highest BCUT2D eigenvalue weighted by molar-refractivity contribution is 6.08. The first-order valence-corrected chi connectivity index (χ1v) is 25.1. The second-order valence-electron chi connectivity index (χ2n) is 22.0. The van der Waals surface area contributed by atoms with Crippen molar-refractivity contribution in [2.75, 3.05) is 4.90 Å². The summed E-state index contributed by atoms with van der Waals surface area (Å²) in [6.07, 6.45) is 0. The molecule has 0 atom stereocenters. The lowest BCUT2D eigenvalue weighted by molar-refractivity contribution is 0.672. The van der Waals surface area contributed by atoms with E-state index in [1.54, 1.807) is 0 Å². The van der Waals surface area contributed by atoms with E-state index in [2.05, 4.69) is 247 Å². The Hall–Kier alpha value is -8.00. The van der Waals surface area contributed by atoms with Gasteiger partial charge in [0, 0.05) is 33.3 Å². The monoisotopic (exact) mass is 893 g/mol. The average Bonchev–Trinajstić information content (AvgIpc) is 3.89. The highest BCUT2D eigenvalue weighted by Gasteiger charge is 2.41. The van der Waals surface area contributed by atoms with Crippen LogP contribution in [-0.4, -0.2) is 0 Å². The molecular weight excluding hydrogens is 843 g/mol. The van der Waals surface area contributed by atoms with Crippen LogP contribution in [0.15, 0.2) is 200 Å². The third-order valence-corrected chi connectivity index (χ3v) is 17.2. The van der Waals surface area contributed by atoms with E-state index < -0.39 is 0 Å². The van der Waals surface area contributed by atoms with E-state index in [9.17, 15) is 0 Å². The van der Waals surface area contributed by atoms with Crippen LogP contribution in [0.2, 0.25) is 0 Å². The van der Waals surface area contributed by atoms with Crippen LogP contribution < -0.4 is 4.90 Å². The van der Waals surface area contributed by atoms with Crippen LogP contribution in [0.25, 0.3) is 98.0 Å². The van der Waals surface area contributed by atoms with Crippen molar-refractivity contribution < 1.29 is 0 Å². The molecule has 12 aromatic carbocycles. The van der Waals surface area contributed by atoms with Crippen molar-refractivity contribution in [3.63, 3.8) is 0 Å². The molecule has 1 heteroatoms. The third-order valence-electron chi connectivity index (χ3n) is 17.2. The van der Waals surface area contributed by atoms with Gasteiger partial charge in [-0.1, -0.05) is 205 Å². The van der Waals surface area contributed by atoms with Gasteiger partial charge in [-0.3, -0.25) is 0 Å². The number of rotatable bonds is 3. The van der Waals surface area contributed by atoms with E-state index in [0.717, 1.165) is 17.1 Å². The highest BCUT2D eigenvalue weighted by atomic mass is 15.1. The minimum atomic E-state index is -0.164. The fourth-order valence-corrected chi connectivity index (χ4v) is 14.4. The maximum Gasteiger partial charge on any atom is 0.0468 e. The summed E-state index contributed by atoms with van der Waals surface area (Å²) in [6, 6.07) is 76.4. The molecule has 0 heterocycles. The summed E-state index contributed by atoms with van der Waals surface area (Å²) in [4.78, 5) is 2.50. The molecule has 332 valence electrons. The smallest absolute Gasteiger partial charge is 0.0468 e. The number of nitrogens with zero attached hydrogens (tertiary/aromatic N) is 1. The van der Waals surface area contributed by atoms with Crippen LogP contribution >= 0.6 is 0 Å². The molecule has 0 saturated heterocycles. The molecule has 12 aromatic rings. The molecule has 0 amide bonds. The molecule has 0 fully saturated rings. The van der Waals surface area contributed by atoms with Gasteiger partial charge in [0.2, 0.25) is 0 Å². The van der Waals surface area contributed by atoms with E-state index in [-0.39, 0.29) is 16.2 Å². The Bertz CT molecular complexity index is 3890. The zero-order valence-corrected chi connectivity index (χ0v) is 40.5. The van der Waals surface area contributed by atoms with Crippen molar-refractivity contribution in [3.05, 3.63) is 234 Å². The first-order valence-electron chi connectivity index (χ1n) is 25.1. The topological polar surface area (TPSA) is 3.24 Å². The van der Waals surface area contributed by atoms with Crippen LogP contribution in [0, 0.1) is 0 Å². The Morgan fingerprint density at radius 2 is 0.457 bits per heavy atom. The zero-order chi connectivity index (χ0) is 47.0. The van der Waals surface area contributed by atoms with Crippen molar-refractivity contribution >= 4 is 81.7 Å². The van der Waals surface area contributed by atoms with Gasteiger partial charge < -0.3 is 4.90 Å². The van der Waals surface area contributed by atoms with Gasteiger partial charge >= 0.3 is 0 Å². The molecule has 0 unspecified atom stereocenters. The van der Waals surface area contributed by atoms with Crippen LogP contribution in [0.1, 0.15) is 74.9 Å². The maximum absolute atomic E-state index is 2.50. The summed E-state index contributed by atoms with van der Waals surface area (Å²) in [5.74, 6) is 0. The van der Waals surface area contributed by atoms with Gasteiger partial charge in [-0.2, -0.15) is 0 Å². The molecule has 0 saturated carbocycles. The van der Waals surface area contributed by atoms with Crippen molar-refractivity contribution in [1.82, 2.24) is 0 Å². The lowest BCUT2D eigenvalue weighted by Gasteiger charge is -2.29. The molecule has 0 bridgehead atoms. The quantitative estimate of drug-likeness (QED) is 0.171. The third kappa shape index (κ3) is 5.12. The van der Waals surface area contributed by atoms with Crippen LogP contribution in [0.4, 0.5) is 17.1 Å². The van der Waals surface area contributed by atoms with Gasteiger partial charge in [0.25, 0.3) is 0 Å². The van der Waals surface area contributed by atoms with Gasteiger partial charge in [0.05, 0.1) is 0 Å². The van der Waals surface area contributed by atoms with Crippen LogP contribution in [0.3, 0.4) is 0 Å². The summed E-state index contributed by atoms with van der Waals surface area (Å²) in [5, 5.41) is 15.7. The van der Waals surface area contributed by atoms with Gasteiger partial charge in [0.1, 0.15) is 0 Å². The summed E-state index contributed by atoms with van der Waals surface area (Å²) < 4.78 is 0. The minimum Gasteiger partial charge on any atom is -0.310 e. The fourth-order valence-electron chi connectivity index (χ4n) is 14.4. The number of benzene rings is 12. The van der Waals surface area contributed by atoms with E-state index in [1.165, 1.54) is 131 Å². The second-order valence-corrected chi connectivity index (χ2v) is 22.0. The molecule has 0 radical (unpaired) electrons. The van der Waals surface area contributed by atoms with Crippen molar-refractivity contribution in [2.24, 2.45) is 0 Å². The fraction of sp³-hybridized carbons (Fsp3) is 0.130. The van der Waals surface area contributed by atoms with E-state index in [4.69, 9.17) is 0 Å². The molecule has 15 rings (SSSR count). The van der Waals surface area contributed by atoms with Crippen LogP contribution in [-0.2, 0) is 16.2 Å². The van der Waals surface area contributed by atoms with Gasteiger partial charge in [-0.15, -0.1) is 0 Å². The Morgan fingerprint density at radius 3 is 0.729 bits per heavy atom. The molecule has 1 nitrogen and oxygen atoms in total. The number of hydrogen-bond acceptors (Lipinski definition) is 1. The number of hydrogen-bond donors (Lipinski definition) is 0. The second kappa shape index (κ2) is 13.6. The summed E-state index contributed by atoms with van der Waals surface area (Å²) >= 11 is 0. The van der Waals surface area contributed by atoms with Crippen molar-refractivity contribution in [3.8, 4) is 33.4 Å². The Balaban J connectivity index is 0.916. The first kappa shape index (κ1) is 39.9. The number of anilines is 3. The normalized spacial score (nSPS) is 15.3.